The van der Waals surface area contributed by atoms with Crippen LogP contribution in [-0.2, 0) is 9.09 Å². The van der Waals surface area contributed by atoms with Crippen molar-refractivity contribution in [3.63, 3.8) is 0 Å². The lowest BCUT2D eigenvalue weighted by Crippen LogP contribution is -2.33. The van der Waals surface area contributed by atoms with Crippen LogP contribution in [0.5, 0.6) is 0 Å². The molecule has 0 aliphatic carbocycles. The molecular formula is C6H15BrNO2P. The van der Waals surface area contributed by atoms with Crippen LogP contribution in [0.4, 0.5) is 0 Å². The van der Waals surface area contributed by atoms with Gasteiger partial charge in [-0.05, 0) is 20.8 Å². The molecule has 68 valence electrons. The Bertz CT molecular complexity index is 158. The molecule has 0 spiro atoms. The summed E-state index contributed by atoms with van der Waals surface area (Å²) in [5.41, 5.74) is -0.181. The molecule has 1 N–H and O–H groups in total. The van der Waals surface area contributed by atoms with Crippen molar-refractivity contribution in [3.05, 3.63) is 0 Å². The molecule has 0 aromatic rings. The van der Waals surface area contributed by atoms with Crippen LogP contribution in [0.25, 0.3) is 0 Å². The zero-order valence-electron chi connectivity index (χ0n) is 7.35. The molecule has 0 aliphatic rings. The van der Waals surface area contributed by atoms with E-state index in [1.807, 2.05) is 20.8 Å². The van der Waals surface area contributed by atoms with E-state index in [-0.39, 0.29) is 5.54 Å². The van der Waals surface area contributed by atoms with Crippen molar-refractivity contribution in [1.82, 2.24) is 5.09 Å². The highest BCUT2D eigenvalue weighted by Gasteiger charge is 2.25. The molecule has 1 atom stereocenters. The lowest BCUT2D eigenvalue weighted by atomic mass is 10.1. The number of halogens is 1. The van der Waals surface area contributed by atoms with Crippen LogP contribution >= 0.6 is 23.4 Å². The predicted octanol–water partition coefficient (Wildman–Crippen LogP) is 2.57. The van der Waals surface area contributed by atoms with E-state index in [4.69, 9.17) is 4.52 Å². The van der Waals surface area contributed by atoms with Crippen molar-refractivity contribution in [2.75, 3.05) is 12.2 Å². The lowest BCUT2D eigenvalue weighted by molar-refractivity contribution is 0.364. The lowest BCUT2D eigenvalue weighted by Gasteiger charge is -2.25. The van der Waals surface area contributed by atoms with Crippen LogP contribution in [-0.4, -0.2) is 17.7 Å². The van der Waals surface area contributed by atoms with Crippen LogP contribution in [0, 0.1) is 0 Å². The minimum atomic E-state index is -2.64. The zero-order valence-corrected chi connectivity index (χ0v) is 9.83. The first-order valence-corrected chi connectivity index (χ1v) is 6.26. The molecule has 11 heavy (non-hydrogen) atoms. The SMILES string of the molecule is COP(=O)(CBr)NC(C)(C)C. The van der Waals surface area contributed by atoms with Gasteiger partial charge in [-0.25, -0.2) is 5.09 Å². The van der Waals surface area contributed by atoms with Gasteiger partial charge < -0.3 is 4.52 Å². The summed E-state index contributed by atoms with van der Waals surface area (Å²) in [6, 6.07) is 0. The summed E-state index contributed by atoms with van der Waals surface area (Å²) in [6.45, 7) is 5.84. The summed E-state index contributed by atoms with van der Waals surface area (Å²) in [6.07, 6.45) is 0. The van der Waals surface area contributed by atoms with E-state index < -0.39 is 7.52 Å². The fraction of sp³-hybridized carbons (Fsp3) is 1.00. The molecule has 0 amide bonds. The highest BCUT2D eigenvalue weighted by molar-refractivity contribution is 9.10. The van der Waals surface area contributed by atoms with Crippen LogP contribution in [0.15, 0.2) is 0 Å². The predicted molar refractivity (Wildman–Crippen MR) is 51.3 cm³/mol. The second-order valence-corrected chi connectivity index (χ2v) is 7.02. The van der Waals surface area contributed by atoms with Crippen LogP contribution in [0.1, 0.15) is 20.8 Å². The Morgan fingerprint density at radius 3 is 2.09 bits per heavy atom. The van der Waals surface area contributed by atoms with Gasteiger partial charge in [-0.3, -0.25) is 4.57 Å². The average Bonchev–Trinajstić information content (AvgIpc) is 1.84. The topological polar surface area (TPSA) is 38.3 Å². The Balaban J connectivity index is 4.21. The molecule has 0 fully saturated rings. The molecule has 0 rings (SSSR count). The van der Waals surface area contributed by atoms with E-state index >= 15 is 0 Å². The van der Waals surface area contributed by atoms with Gasteiger partial charge in [0.05, 0.1) is 5.07 Å². The fourth-order valence-corrected chi connectivity index (χ4v) is 2.90. The van der Waals surface area contributed by atoms with E-state index in [2.05, 4.69) is 21.0 Å². The Hall–Kier alpha value is 0.630. The maximum absolute atomic E-state index is 11.6. The molecule has 0 aromatic carbocycles. The minimum Gasteiger partial charge on any atom is -0.320 e. The summed E-state index contributed by atoms with van der Waals surface area (Å²) in [5.74, 6) is 0. The molecular weight excluding hydrogens is 229 g/mol. The van der Waals surface area contributed by atoms with E-state index in [1.165, 1.54) is 7.11 Å². The fourth-order valence-electron chi connectivity index (χ4n) is 0.635. The molecule has 0 aliphatic heterocycles. The van der Waals surface area contributed by atoms with Crippen LogP contribution in [0.2, 0.25) is 0 Å². The van der Waals surface area contributed by atoms with Crippen molar-refractivity contribution in [2.45, 2.75) is 26.3 Å². The maximum atomic E-state index is 11.6. The van der Waals surface area contributed by atoms with Gasteiger partial charge in [0.25, 0.3) is 7.52 Å². The maximum Gasteiger partial charge on any atom is 0.280 e. The van der Waals surface area contributed by atoms with Gasteiger partial charge in [0, 0.05) is 12.6 Å². The van der Waals surface area contributed by atoms with E-state index in [1.54, 1.807) is 0 Å². The van der Waals surface area contributed by atoms with E-state index in [9.17, 15) is 4.57 Å². The zero-order chi connectivity index (χ0) is 9.12. The molecule has 0 aromatic heterocycles. The van der Waals surface area contributed by atoms with Gasteiger partial charge in [0.2, 0.25) is 0 Å². The van der Waals surface area contributed by atoms with Crippen molar-refractivity contribution in [3.8, 4) is 0 Å². The Labute approximate surface area is 76.5 Å². The summed E-state index contributed by atoms with van der Waals surface area (Å²) in [7, 11) is -1.19. The Kier molecular flexibility index (Phi) is 4.27. The normalized spacial score (nSPS) is 17.9. The first-order chi connectivity index (χ1) is 4.83. The van der Waals surface area contributed by atoms with Crippen molar-refractivity contribution in [1.29, 1.82) is 0 Å². The summed E-state index contributed by atoms with van der Waals surface area (Å²) in [5, 5.41) is 3.26. The van der Waals surface area contributed by atoms with Crippen LogP contribution in [0.3, 0.4) is 0 Å². The molecule has 5 heteroatoms. The first-order valence-electron chi connectivity index (χ1n) is 3.33. The number of hydrogen-bond acceptors (Lipinski definition) is 2. The standard InChI is InChI=1S/C6H15BrNO2P/c1-6(2,3)8-11(9,5-7)10-4/h5H2,1-4H3,(H,8,9). The largest absolute Gasteiger partial charge is 0.320 e. The molecule has 0 saturated carbocycles. The minimum absolute atomic E-state index is 0.181. The van der Waals surface area contributed by atoms with Gasteiger partial charge in [0.1, 0.15) is 0 Å². The third kappa shape index (κ3) is 4.96. The summed E-state index contributed by atoms with van der Waals surface area (Å²) >= 11 is 3.13. The number of hydrogen-bond donors (Lipinski definition) is 1. The van der Waals surface area contributed by atoms with E-state index in [0.29, 0.717) is 5.07 Å². The number of nitrogens with one attached hydrogen (secondary N) is 1. The monoisotopic (exact) mass is 243 g/mol. The Morgan fingerprint density at radius 1 is 1.55 bits per heavy atom. The second kappa shape index (κ2) is 4.04. The second-order valence-electron chi connectivity index (χ2n) is 3.34. The van der Waals surface area contributed by atoms with Crippen molar-refractivity contribution >= 4 is 23.4 Å². The molecule has 0 radical (unpaired) electrons. The molecule has 0 bridgehead atoms. The van der Waals surface area contributed by atoms with Crippen molar-refractivity contribution < 1.29 is 9.09 Å². The summed E-state index contributed by atoms with van der Waals surface area (Å²) in [4.78, 5) is 0. The van der Waals surface area contributed by atoms with Gasteiger partial charge in [-0.2, -0.15) is 0 Å². The van der Waals surface area contributed by atoms with Gasteiger partial charge in [-0.15, -0.1) is 0 Å². The number of rotatable bonds is 3. The third-order valence-corrected chi connectivity index (χ3v) is 4.85. The van der Waals surface area contributed by atoms with Gasteiger partial charge >= 0.3 is 0 Å². The molecule has 1 unspecified atom stereocenters. The quantitative estimate of drug-likeness (QED) is 0.612. The van der Waals surface area contributed by atoms with Crippen LogP contribution < -0.4 is 5.09 Å². The van der Waals surface area contributed by atoms with Crippen molar-refractivity contribution in [2.24, 2.45) is 0 Å². The smallest absolute Gasteiger partial charge is 0.280 e. The Morgan fingerprint density at radius 2 is 2.00 bits per heavy atom. The molecule has 3 nitrogen and oxygen atoms in total. The highest BCUT2D eigenvalue weighted by atomic mass is 79.9. The molecule has 0 saturated heterocycles. The summed E-state index contributed by atoms with van der Waals surface area (Å²) < 4.78 is 16.4. The van der Waals surface area contributed by atoms with Gasteiger partial charge in [-0.1, -0.05) is 15.9 Å². The highest BCUT2D eigenvalue weighted by Crippen LogP contribution is 2.44. The average molecular weight is 244 g/mol. The van der Waals surface area contributed by atoms with Gasteiger partial charge in [0.15, 0.2) is 0 Å². The third-order valence-electron chi connectivity index (χ3n) is 0.958. The molecule has 0 heterocycles. The van der Waals surface area contributed by atoms with E-state index in [0.717, 1.165) is 0 Å². The first kappa shape index (κ1) is 11.6. The number of alkyl halides is 1.